The van der Waals surface area contributed by atoms with Gasteiger partial charge >= 0.3 is 6.03 Å². The first-order valence-corrected chi connectivity index (χ1v) is 8.25. The van der Waals surface area contributed by atoms with Gasteiger partial charge in [-0.2, -0.15) is 5.10 Å². The van der Waals surface area contributed by atoms with E-state index >= 15 is 0 Å². The number of ether oxygens (including phenoxy) is 2. The number of aromatic nitrogens is 2. The first-order chi connectivity index (χ1) is 11.8. The standard InChI is InChI=1S/C17H20N4O3/c1-2-21-14(7-8-18-21)13-4-3-9-20(13)17(22)19-12-5-6-15-16(10-12)24-11-23-15/h5-8,10,13H,2-4,9,11H2,1H3,(H,19,22)/t13-/m1/s1. The van der Waals surface area contributed by atoms with E-state index in [0.29, 0.717) is 17.2 Å². The molecular formula is C17H20N4O3. The lowest BCUT2D eigenvalue weighted by Gasteiger charge is -2.25. The van der Waals surface area contributed by atoms with Crippen molar-refractivity contribution in [3.05, 3.63) is 36.2 Å². The van der Waals surface area contributed by atoms with Gasteiger partial charge in [-0.25, -0.2) is 4.79 Å². The van der Waals surface area contributed by atoms with Crippen molar-refractivity contribution in [1.82, 2.24) is 14.7 Å². The van der Waals surface area contributed by atoms with Crippen molar-refractivity contribution < 1.29 is 14.3 Å². The lowest BCUT2D eigenvalue weighted by atomic mass is 10.1. The highest BCUT2D eigenvalue weighted by atomic mass is 16.7. The van der Waals surface area contributed by atoms with Crippen LogP contribution in [0, 0.1) is 0 Å². The lowest BCUT2D eigenvalue weighted by molar-refractivity contribution is 0.174. The van der Waals surface area contributed by atoms with E-state index in [2.05, 4.69) is 17.3 Å². The van der Waals surface area contributed by atoms with E-state index in [0.717, 1.165) is 31.6 Å². The number of nitrogens with zero attached hydrogens (tertiary/aromatic N) is 3. The average molecular weight is 328 g/mol. The summed E-state index contributed by atoms with van der Waals surface area (Å²) in [6, 6.07) is 7.40. The van der Waals surface area contributed by atoms with Gasteiger partial charge in [0.25, 0.3) is 0 Å². The number of rotatable bonds is 3. The molecule has 1 saturated heterocycles. The Hall–Kier alpha value is -2.70. The molecule has 0 saturated carbocycles. The Bertz CT molecular complexity index is 758. The highest BCUT2D eigenvalue weighted by molar-refractivity contribution is 5.90. The van der Waals surface area contributed by atoms with Crippen molar-refractivity contribution in [3.8, 4) is 11.5 Å². The average Bonchev–Trinajstić information content (AvgIpc) is 3.32. The van der Waals surface area contributed by atoms with Crippen molar-refractivity contribution in [2.24, 2.45) is 0 Å². The molecule has 0 bridgehead atoms. The van der Waals surface area contributed by atoms with E-state index in [4.69, 9.17) is 9.47 Å². The Morgan fingerprint density at radius 3 is 3.08 bits per heavy atom. The van der Waals surface area contributed by atoms with E-state index in [1.54, 1.807) is 12.3 Å². The van der Waals surface area contributed by atoms with Gasteiger partial charge in [0.1, 0.15) is 0 Å². The van der Waals surface area contributed by atoms with Gasteiger partial charge in [-0.05, 0) is 38.0 Å². The van der Waals surface area contributed by atoms with Crippen LogP contribution >= 0.6 is 0 Å². The second-order valence-electron chi connectivity index (χ2n) is 5.92. The molecule has 2 aromatic rings. The highest BCUT2D eigenvalue weighted by Gasteiger charge is 2.32. The zero-order chi connectivity index (χ0) is 16.5. The van der Waals surface area contributed by atoms with Crippen molar-refractivity contribution in [2.75, 3.05) is 18.7 Å². The second-order valence-corrected chi connectivity index (χ2v) is 5.92. The maximum Gasteiger partial charge on any atom is 0.322 e. The molecular weight excluding hydrogens is 308 g/mol. The number of urea groups is 1. The first-order valence-electron chi connectivity index (χ1n) is 8.25. The van der Waals surface area contributed by atoms with Crippen molar-refractivity contribution in [3.63, 3.8) is 0 Å². The third-order valence-corrected chi connectivity index (χ3v) is 4.53. The van der Waals surface area contributed by atoms with E-state index in [1.165, 1.54) is 0 Å². The van der Waals surface area contributed by atoms with Crippen LogP contribution in [-0.2, 0) is 6.54 Å². The molecule has 2 amide bonds. The summed E-state index contributed by atoms with van der Waals surface area (Å²) in [4.78, 5) is 14.6. The molecule has 1 aromatic carbocycles. The first kappa shape index (κ1) is 14.9. The Kier molecular flexibility index (Phi) is 3.76. The quantitative estimate of drug-likeness (QED) is 0.940. The number of carbonyl (C=O) groups excluding carboxylic acids is 1. The fourth-order valence-corrected chi connectivity index (χ4v) is 3.38. The smallest absolute Gasteiger partial charge is 0.322 e. The van der Waals surface area contributed by atoms with Gasteiger partial charge in [-0.15, -0.1) is 0 Å². The number of fused-ring (bicyclic) bond motifs is 1. The van der Waals surface area contributed by atoms with E-state index < -0.39 is 0 Å². The summed E-state index contributed by atoms with van der Waals surface area (Å²) in [5.41, 5.74) is 1.80. The molecule has 24 heavy (non-hydrogen) atoms. The van der Waals surface area contributed by atoms with Crippen LogP contribution in [0.3, 0.4) is 0 Å². The normalized spacial score (nSPS) is 18.9. The van der Waals surface area contributed by atoms with Gasteiger partial charge in [0.05, 0.1) is 11.7 Å². The second kappa shape index (κ2) is 6.07. The maximum absolute atomic E-state index is 12.7. The highest BCUT2D eigenvalue weighted by Crippen LogP contribution is 2.35. The Morgan fingerprint density at radius 2 is 2.21 bits per heavy atom. The summed E-state index contributed by atoms with van der Waals surface area (Å²) in [5, 5.41) is 7.29. The minimum atomic E-state index is -0.0970. The van der Waals surface area contributed by atoms with Crippen molar-refractivity contribution >= 4 is 11.7 Å². The van der Waals surface area contributed by atoms with Gasteiger partial charge in [0.2, 0.25) is 6.79 Å². The molecule has 0 aliphatic carbocycles. The summed E-state index contributed by atoms with van der Waals surface area (Å²) in [6.07, 6.45) is 3.75. The zero-order valence-corrected chi connectivity index (χ0v) is 13.6. The van der Waals surface area contributed by atoms with Gasteiger partial charge in [-0.3, -0.25) is 4.68 Å². The minimum absolute atomic E-state index is 0.0708. The van der Waals surface area contributed by atoms with Crippen molar-refractivity contribution in [2.45, 2.75) is 32.4 Å². The Balaban J connectivity index is 1.51. The molecule has 1 N–H and O–H groups in total. The molecule has 0 unspecified atom stereocenters. The summed E-state index contributed by atoms with van der Waals surface area (Å²) in [5.74, 6) is 1.37. The molecule has 0 spiro atoms. The summed E-state index contributed by atoms with van der Waals surface area (Å²) >= 11 is 0. The monoisotopic (exact) mass is 328 g/mol. The number of benzene rings is 1. The molecule has 126 valence electrons. The van der Waals surface area contributed by atoms with E-state index in [9.17, 15) is 4.79 Å². The van der Waals surface area contributed by atoms with Crippen LogP contribution in [0.4, 0.5) is 10.5 Å². The zero-order valence-electron chi connectivity index (χ0n) is 13.6. The Morgan fingerprint density at radius 1 is 1.33 bits per heavy atom. The molecule has 1 atom stereocenters. The number of amides is 2. The fraction of sp³-hybridized carbons (Fsp3) is 0.412. The topological polar surface area (TPSA) is 68.6 Å². The number of aryl methyl sites for hydroxylation is 1. The van der Waals surface area contributed by atoms with Crippen LogP contribution in [0.15, 0.2) is 30.5 Å². The van der Waals surface area contributed by atoms with E-state index in [1.807, 2.05) is 27.8 Å². The van der Waals surface area contributed by atoms with Gasteiger partial charge in [0, 0.05) is 31.0 Å². The number of nitrogens with one attached hydrogen (secondary N) is 1. The molecule has 2 aliphatic heterocycles. The lowest BCUT2D eigenvalue weighted by Crippen LogP contribution is -2.35. The molecule has 4 rings (SSSR count). The van der Waals surface area contributed by atoms with Gasteiger partial charge in [-0.1, -0.05) is 0 Å². The number of likely N-dealkylation sites (tertiary alicyclic amines) is 1. The number of carbonyl (C=O) groups is 1. The molecule has 2 aliphatic rings. The van der Waals surface area contributed by atoms with Crippen LogP contribution in [0.25, 0.3) is 0 Å². The van der Waals surface area contributed by atoms with Gasteiger partial charge < -0.3 is 19.7 Å². The fourth-order valence-electron chi connectivity index (χ4n) is 3.38. The summed E-state index contributed by atoms with van der Waals surface area (Å²) in [7, 11) is 0. The SMILES string of the molecule is CCn1nccc1[C@H]1CCCN1C(=O)Nc1ccc2c(c1)OCO2. The molecule has 1 aromatic heterocycles. The summed E-state index contributed by atoms with van der Waals surface area (Å²) < 4.78 is 12.6. The molecule has 3 heterocycles. The number of anilines is 1. The third kappa shape index (κ3) is 2.55. The van der Waals surface area contributed by atoms with E-state index in [-0.39, 0.29) is 18.9 Å². The van der Waals surface area contributed by atoms with Crippen LogP contribution in [0.5, 0.6) is 11.5 Å². The predicted octanol–water partition coefficient (Wildman–Crippen LogP) is 3.00. The summed E-state index contributed by atoms with van der Waals surface area (Å²) in [6.45, 7) is 3.83. The van der Waals surface area contributed by atoms with Crippen LogP contribution in [-0.4, -0.2) is 34.0 Å². The Labute approximate surface area is 140 Å². The molecule has 7 nitrogen and oxygen atoms in total. The van der Waals surface area contributed by atoms with Crippen LogP contribution in [0.2, 0.25) is 0 Å². The molecule has 1 fully saturated rings. The largest absolute Gasteiger partial charge is 0.454 e. The molecule has 0 radical (unpaired) electrons. The van der Waals surface area contributed by atoms with Crippen LogP contribution in [0.1, 0.15) is 31.5 Å². The molecule has 7 heteroatoms. The van der Waals surface area contributed by atoms with Crippen LogP contribution < -0.4 is 14.8 Å². The van der Waals surface area contributed by atoms with Crippen molar-refractivity contribution in [1.29, 1.82) is 0 Å². The van der Waals surface area contributed by atoms with Gasteiger partial charge in [0.15, 0.2) is 11.5 Å². The number of hydrogen-bond donors (Lipinski definition) is 1. The maximum atomic E-state index is 12.7. The number of hydrogen-bond acceptors (Lipinski definition) is 4. The predicted molar refractivity (Wildman–Crippen MR) is 88.2 cm³/mol. The third-order valence-electron chi connectivity index (χ3n) is 4.53. The minimum Gasteiger partial charge on any atom is -0.454 e.